The number of anilines is 1. The summed E-state index contributed by atoms with van der Waals surface area (Å²) in [5, 5.41) is 6.97. The van der Waals surface area contributed by atoms with Crippen LogP contribution in [0.25, 0.3) is 22.6 Å². The fourth-order valence-electron chi connectivity index (χ4n) is 3.18. The van der Waals surface area contributed by atoms with E-state index in [2.05, 4.69) is 20.6 Å². The molecule has 1 atom stereocenters. The second-order valence-corrected chi connectivity index (χ2v) is 6.53. The first kappa shape index (κ1) is 16.6. The van der Waals surface area contributed by atoms with Gasteiger partial charge < -0.3 is 10.6 Å². The standard InChI is InChI=1S/C20H22N6/c1-3-15(12-22-7-1)13-24-19-11-18(17-4-2-8-23-14-17)25-20(26-19)16-5-9-21-10-6-16/h2,4-6,8-11,14-15,22H,1,3,7,12-13H2,(H,24,25,26). The number of aromatic nitrogens is 4. The zero-order chi connectivity index (χ0) is 17.6. The van der Waals surface area contributed by atoms with Crippen LogP contribution in [-0.2, 0) is 0 Å². The van der Waals surface area contributed by atoms with Crippen molar-refractivity contribution < 1.29 is 0 Å². The number of rotatable bonds is 5. The van der Waals surface area contributed by atoms with Crippen LogP contribution in [0.15, 0.2) is 55.1 Å². The van der Waals surface area contributed by atoms with Crippen molar-refractivity contribution in [1.29, 1.82) is 0 Å². The molecule has 3 aromatic rings. The molecule has 1 aliphatic heterocycles. The predicted molar refractivity (Wildman–Crippen MR) is 103 cm³/mol. The Hall–Kier alpha value is -2.86. The van der Waals surface area contributed by atoms with Crippen LogP contribution >= 0.6 is 0 Å². The SMILES string of the molecule is c1cncc(-c2cc(NCC3CCCNC3)nc(-c3ccncc3)n2)c1. The van der Waals surface area contributed by atoms with Gasteiger partial charge in [0.1, 0.15) is 5.82 Å². The van der Waals surface area contributed by atoms with E-state index >= 15 is 0 Å². The van der Waals surface area contributed by atoms with Crippen LogP contribution in [0.4, 0.5) is 5.82 Å². The molecular weight excluding hydrogens is 324 g/mol. The van der Waals surface area contributed by atoms with Gasteiger partial charge in [0.15, 0.2) is 5.82 Å². The summed E-state index contributed by atoms with van der Waals surface area (Å²) in [7, 11) is 0. The maximum Gasteiger partial charge on any atom is 0.162 e. The average molecular weight is 346 g/mol. The number of piperidine rings is 1. The van der Waals surface area contributed by atoms with Gasteiger partial charge in [-0.15, -0.1) is 0 Å². The van der Waals surface area contributed by atoms with Crippen LogP contribution in [0, 0.1) is 5.92 Å². The molecule has 132 valence electrons. The maximum absolute atomic E-state index is 4.74. The highest BCUT2D eigenvalue weighted by molar-refractivity contribution is 5.66. The monoisotopic (exact) mass is 346 g/mol. The quantitative estimate of drug-likeness (QED) is 0.740. The minimum absolute atomic E-state index is 0.630. The molecule has 1 aliphatic rings. The van der Waals surface area contributed by atoms with Gasteiger partial charge in [-0.05, 0) is 56.1 Å². The first-order valence-corrected chi connectivity index (χ1v) is 9.03. The fraction of sp³-hybridized carbons (Fsp3) is 0.300. The first-order chi connectivity index (χ1) is 12.9. The zero-order valence-electron chi connectivity index (χ0n) is 14.6. The van der Waals surface area contributed by atoms with Crippen molar-refractivity contribution in [2.24, 2.45) is 5.92 Å². The third-order valence-corrected chi connectivity index (χ3v) is 4.59. The van der Waals surface area contributed by atoms with Gasteiger partial charge in [-0.25, -0.2) is 9.97 Å². The number of nitrogens with zero attached hydrogens (tertiary/aromatic N) is 4. The van der Waals surface area contributed by atoms with E-state index in [0.717, 1.165) is 42.3 Å². The van der Waals surface area contributed by atoms with Gasteiger partial charge in [0, 0.05) is 48.5 Å². The Balaban J connectivity index is 1.64. The van der Waals surface area contributed by atoms with Gasteiger partial charge in [-0.2, -0.15) is 0 Å². The number of hydrogen-bond acceptors (Lipinski definition) is 6. The van der Waals surface area contributed by atoms with E-state index in [1.165, 1.54) is 12.8 Å². The topological polar surface area (TPSA) is 75.6 Å². The summed E-state index contributed by atoms with van der Waals surface area (Å²) >= 11 is 0. The lowest BCUT2D eigenvalue weighted by atomic mass is 10.00. The van der Waals surface area contributed by atoms with Gasteiger partial charge in [-0.1, -0.05) is 0 Å². The summed E-state index contributed by atoms with van der Waals surface area (Å²) in [6.07, 6.45) is 9.60. The Kier molecular flexibility index (Phi) is 5.12. The van der Waals surface area contributed by atoms with E-state index in [9.17, 15) is 0 Å². The van der Waals surface area contributed by atoms with Gasteiger partial charge in [-0.3, -0.25) is 9.97 Å². The van der Waals surface area contributed by atoms with E-state index in [1.54, 1.807) is 18.6 Å². The highest BCUT2D eigenvalue weighted by Crippen LogP contribution is 2.24. The van der Waals surface area contributed by atoms with E-state index in [4.69, 9.17) is 9.97 Å². The fourth-order valence-corrected chi connectivity index (χ4v) is 3.18. The molecular formula is C20H22N6. The molecule has 0 radical (unpaired) electrons. The zero-order valence-corrected chi connectivity index (χ0v) is 14.6. The van der Waals surface area contributed by atoms with Gasteiger partial charge in [0.25, 0.3) is 0 Å². The lowest BCUT2D eigenvalue weighted by Gasteiger charge is -2.23. The second kappa shape index (κ2) is 8.01. The van der Waals surface area contributed by atoms with Crippen molar-refractivity contribution in [2.75, 3.05) is 25.0 Å². The molecule has 0 aliphatic carbocycles. The second-order valence-electron chi connectivity index (χ2n) is 6.53. The summed E-state index contributed by atoms with van der Waals surface area (Å²) in [5.41, 5.74) is 2.80. The maximum atomic E-state index is 4.74. The molecule has 1 unspecified atom stereocenters. The lowest BCUT2D eigenvalue weighted by Crippen LogP contribution is -2.33. The van der Waals surface area contributed by atoms with Crippen LogP contribution in [-0.4, -0.2) is 39.6 Å². The van der Waals surface area contributed by atoms with Gasteiger partial charge >= 0.3 is 0 Å². The summed E-state index contributed by atoms with van der Waals surface area (Å²) < 4.78 is 0. The Bertz CT molecular complexity index is 774. The molecule has 0 spiro atoms. The molecule has 0 amide bonds. The Labute approximate surface area is 153 Å². The number of hydrogen-bond donors (Lipinski definition) is 2. The highest BCUT2D eigenvalue weighted by atomic mass is 15.0. The van der Waals surface area contributed by atoms with Crippen molar-refractivity contribution in [3.63, 3.8) is 0 Å². The Morgan fingerprint density at radius 1 is 1.04 bits per heavy atom. The van der Waals surface area contributed by atoms with E-state index < -0.39 is 0 Å². The van der Waals surface area contributed by atoms with Gasteiger partial charge in [0.2, 0.25) is 0 Å². The minimum Gasteiger partial charge on any atom is -0.370 e. The molecule has 4 heterocycles. The molecule has 1 saturated heterocycles. The van der Waals surface area contributed by atoms with Crippen molar-refractivity contribution in [3.8, 4) is 22.6 Å². The molecule has 6 nitrogen and oxygen atoms in total. The Morgan fingerprint density at radius 3 is 2.73 bits per heavy atom. The molecule has 0 saturated carbocycles. The third kappa shape index (κ3) is 4.03. The van der Waals surface area contributed by atoms with Crippen LogP contribution in [0.2, 0.25) is 0 Å². The van der Waals surface area contributed by atoms with E-state index in [0.29, 0.717) is 11.7 Å². The Morgan fingerprint density at radius 2 is 1.96 bits per heavy atom. The van der Waals surface area contributed by atoms with Crippen LogP contribution in [0.1, 0.15) is 12.8 Å². The van der Waals surface area contributed by atoms with E-state index in [-0.39, 0.29) is 0 Å². The highest BCUT2D eigenvalue weighted by Gasteiger charge is 2.14. The summed E-state index contributed by atoms with van der Waals surface area (Å²) in [5.74, 6) is 2.17. The normalized spacial score (nSPS) is 17.0. The van der Waals surface area contributed by atoms with Crippen LogP contribution in [0.5, 0.6) is 0 Å². The molecule has 6 heteroatoms. The number of nitrogens with one attached hydrogen (secondary N) is 2. The first-order valence-electron chi connectivity index (χ1n) is 9.03. The van der Waals surface area contributed by atoms with Crippen molar-refractivity contribution >= 4 is 5.82 Å². The molecule has 3 aromatic heterocycles. The van der Waals surface area contributed by atoms with Crippen LogP contribution in [0.3, 0.4) is 0 Å². The molecule has 0 bridgehead atoms. The van der Waals surface area contributed by atoms with Crippen molar-refractivity contribution in [3.05, 3.63) is 55.1 Å². The smallest absolute Gasteiger partial charge is 0.162 e. The van der Waals surface area contributed by atoms with E-state index in [1.807, 2.05) is 36.5 Å². The summed E-state index contributed by atoms with van der Waals surface area (Å²) in [6.45, 7) is 3.10. The van der Waals surface area contributed by atoms with Crippen LogP contribution < -0.4 is 10.6 Å². The molecule has 4 rings (SSSR count). The summed E-state index contributed by atoms with van der Waals surface area (Å²) in [6, 6.07) is 9.79. The minimum atomic E-state index is 0.630. The largest absolute Gasteiger partial charge is 0.370 e. The van der Waals surface area contributed by atoms with Gasteiger partial charge in [0.05, 0.1) is 5.69 Å². The molecule has 1 fully saturated rings. The molecule has 0 aromatic carbocycles. The predicted octanol–water partition coefficient (Wildman–Crippen LogP) is 3.01. The lowest BCUT2D eigenvalue weighted by molar-refractivity contribution is 0.392. The summed E-state index contributed by atoms with van der Waals surface area (Å²) in [4.78, 5) is 17.8. The van der Waals surface area contributed by atoms with Crippen molar-refractivity contribution in [2.45, 2.75) is 12.8 Å². The van der Waals surface area contributed by atoms with Crippen molar-refractivity contribution in [1.82, 2.24) is 25.3 Å². The number of pyridine rings is 2. The third-order valence-electron chi connectivity index (χ3n) is 4.59. The molecule has 2 N–H and O–H groups in total. The molecule has 26 heavy (non-hydrogen) atoms. The average Bonchev–Trinajstić information content (AvgIpc) is 2.74.